The van der Waals surface area contributed by atoms with Gasteiger partial charge in [0.1, 0.15) is 0 Å². The summed E-state index contributed by atoms with van der Waals surface area (Å²) in [5, 5.41) is 7.39. The van der Waals surface area contributed by atoms with Gasteiger partial charge in [-0.25, -0.2) is 0 Å². The lowest BCUT2D eigenvalue weighted by Gasteiger charge is -2.51. The SMILES string of the molecule is CC1CONC1CC1(C2CCCC(NC(=O)C3CC(CN4CCC5(CC5)C4)CC(C4CC4)N3)C2)COC1. The van der Waals surface area contributed by atoms with Crippen LogP contribution in [0.1, 0.15) is 84.0 Å². The number of nitrogens with zero attached hydrogens (tertiary/aromatic N) is 1. The first-order chi connectivity index (χ1) is 18.0. The zero-order valence-corrected chi connectivity index (χ0v) is 23.0. The maximum Gasteiger partial charge on any atom is 0.237 e. The van der Waals surface area contributed by atoms with Gasteiger partial charge < -0.3 is 25.1 Å². The summed E-state index contributed by atoms with van der Waals surface area (Å²) in [6, 6.07) is 1.27. The molecule has 3 aliphatic carbocycles. The summed E-state index contributed by atoms with van der Waals surface area (Å²) in [4.78, 5) is 22.0. The molecule has 0 aromatic heterocycles. The van der Waals surface area contributed by atoms with Crippen LogP contribution in [0.4, 0.5) is 0 Å². The van der Waals surface area contributed by atoms with E-state index in [-0.39, 0.29) is 17.4 Å². The fourth-order valence-corrected chi connectivity index (χ4v) is 8.74. The highest BCUT2D eigenvalue weighted by molar-refractivity contribution is 5.82. The van der Waals surface area contributed by atoms with Crippen LogP contribution in [0.15, 0.2) is 0 Å². The van der Waals surface area contributed by atoms with Crippen molar-refractivity contribution in [1.29, 1.82) is 0 Å². The number of carbonyl (C=O) groups is 1. The van der Waals surface area contributed by atoms with Crippen LogP contribution in [0, 0.1) is 34.5 Å². The van der Waals surface area contributed by atoms with Crippen LogP contribution in [0.2, 0.25) is 0 Å². The standard InChI is InChI=1S/C30H50N4O3/c1-20-16-37-33-27(20)14-30(18-36-19-30)23-3-2-4-24(13-23)31-28(35)26-12-21(11-25(32-26)22-5-6-22)15-34-10-9-29(17-34)7-8-29/h20-27,32-33H,2-19H2,1H3,(H,31,35). The molecule has 1 amide bonds. The topological polar surface area (TPSA) is 74.9 Å². The Bertz CT molecular complexity index is 841. The van der Waals surface area contributed by atoms with Crippen molar-refractivity contribution in [1.82, 2.24) is 21.0 Å². The maximum atomic E-state index is 13.7. The average Bonchev–Trinajstić information content (AvgIpc) is 3.77. The number of piperidine rings is 1. The molecule has 7 aliphatic rings. The molecule has 7 rings (SSSR count). The highest BCUT2D eigenvalue weighted by Gasteiger charge is 2.50. The third-order valence-electron chi connectivity index (χ3n) is 11.6. The normalized spacial score (nSPS) is 43.0. The second-order valence-electron chi connectivity index (χ2n) is 14.6. The molecule has 4 saturated heterocycles. The van der Waals surface area contributed by atoms with Crippen LogP contribution in [-0.2, 0) is 14.4 Å². The van der Waals surface area contributed by atoms with Gasteiger partial charge in [-0.05, 0) is 106 Å². The third-order valence-corrected chi connectivity index (χ3v) is 11.6. The minimum absolute atomic E-state index is 0.0103. The molecule has 0 aromatic rings. The Labute approximate surface area is 223 Å². The molecule has 3 saturated carbocycles. The number of rotatable bonds is 8. The summed E-state index contributed by atoms with van der Waals surface area (Å²) >= 11 is 0. The second kappa shape index (κ2) is 10.0. The molecule has 208 valence electrons. The number of hydrogen-bond donors (Lipinski definition) is 3. The van der Waals surface area contributed by atoms with Crippen molar-refractivity contribution < 1.29 is 14.4 Å². The summed E-state index contributed by atoms with van der Waals surface area (Å²) in [6.45, 7) is 8.65. The maximum absolute atomic E-state index is 13.7. The Hall–Kier alpha value is -0.730. The van der Waals surface area contributed by atoms with Crippen LogP contribution in [0.5, 0.6) is 0 Å². The zero-order chi connectivity index (χ0) is 25.0. The average molecular weight is 515 g/mol. The highest BCUT2D eigenvalue weighted by atomic mass is 16.7. The van der Waals surface area contributed by atoms with Gasteiger partial charge in [0.15, 0.2) is 0 Å². The summed E-state index contributed by atoms with van der Waals surface area (Å²) in [6.07, 6.45) is 15.1. The monoisotopic (exact) mass is 514 g/mol. The van der Waals surface area contributed by atoms with Crippen molar-refractivity contribution in [2.75, 3.05) is 39.5 Å². The van der Waals surface area contributed by atoms with Crippen molar-refractivity contribution in [3.05, 3.63) is 0 Å². The second-order valence-corrected chi connectivity index (χ2v) is 14.6. The Kier molecular flexibility index (Phi) is 6.84. The number of hydroxylamine groups is 1. The Morgan fingerprint density at radius 3 is 2.62 bits per heavy atom. The molecule has 7 fully saturated rings. The Balaban J connectivity index is 0.956. The Morgan fingerprint density at radius 2 is 1.95 bits per heavy atom. The van der Waals surface area contributed by atoms with Gasteiger partial charge in [0, 0.05) is 36.6 Å². The predicted molar refractivity (Wildman–Crippen MR) is 143 cm³/mol. The number of ether oxygens (including phenoxy) is 1. The van der Waals surface area contributed by atoms with Crippen molar-refractivity contribution in [2.24, 2.45) is 34.5 Å². The lowest BCUT2D eigenvalue weighted by Crippen LogP contribution is -2.58. The van der Waals surface area contributed by atoms with E-state index in [1.807, 2.05) is 0 Å². The fraction of sp³-hybridized carbons (Fsp3) is 0.967. The minimum Gasteiger partial charge on any atom is -0.380 e. The molecule has 37 heavy (non-hydrogen) atoms. The molecule has 1 spiro atoms. The van der Waals surface area contributed by atoms with Crippen LogP contribution in [-0.4, -0.2) is 74.4 Å². The van der Waals surface area contributed by atoms with E-state index in [4.69, 9.17) is 9.57 Å². The van der Waals surface area contributed by atoms with Crippen LogP contribution < -0.4 is 16.1 Å². The van der Waals surface area contributed by atoms with Gasteiger partial charge >= 0.3 is 0 Å². The molecule has 7 atom stereocenters. The van der Waals surface area contributed by atoms with Gasteiger partial charge in [-0.2, -0.15) is 5.48 Å². The number of nitrogens with one attached hydrogen (secondary N) is 3. The zero-order valence-electron chi connectivity index (χ0n) is 23.0. The first-order valence-electron chi connectivity index (χ1n) is 15.7. The lowest BCUT2D eigenvalue weighted by atomic mass is 9.63. The first kappa shape index (κ1) is 25.3. The van der Waals surface area contributed by atoms with Gasteiger partial charge in [0.05, 0.1) is 25.9 Å². The van der Waals surface area contributed by atoms with Crippen molar-refractivity contribution in [2.45, 2.75) is 108 Å². The summed E-state index contributed by atoms with van der Waals surface area (Å²) in [5.41, 5.74) is 4.22. The number of amides is 1. The molecular weight excluding hydrogens is 464 g/mol. The fourth-order valence-electron chi connectivity index (χ4n) is 8.74. The van der Waals surface area contributed by atoms with Crippen molar-refractivity contribution in [3.8, 4) is 0 Å². The molecule has 0 radical (unpaired) electrons. The molecule has 7 nitrogen and oxygen atoms in total. The van der Waals surface area contributed by atoms with Gasteiger partial charge in [-0.15, -0.1) is 0 Å². The van der Waals surface area contributed by atoms with E-state index >= 15 is 0 Å². The molecule has 4 heterocycles. The van der Waals surface area contributed by atoms with Gasteiger partial charge in [0.25, 0.3) is 0 Å². The van der Waals surface area contributed by atoms with Gasteiger partial charge in [0.2, 0.25) is 5.91 Å². The quantitative estimate of drug-likeness (QED) is 0.462. The van der Waals surface area contributed by atoms with Crippen LogP contribution in [0.25, 0.3) is 0 Å². The van der Waals surface area contributed by atoms with Crippen molar-refractivity contribution >= 4 is 5.91 Å². The van der Waals surface area contributed by atoms with Crippen LogP contribution in [0.3, 0.4) is 0 Å². The van der Waals surface area contributed by atoms with E-state index in [2.05, 4.69) is 27.9 Å². The van der Waals surface area contributed by atoms with E-state index in [0.717, 1.165) is 51.4 Å². The molecular formula is C30H50N4O3. The molecule has 7 unspecified atom stereocenters. The van der Waals surface area contributed by atoms with E-state index in [1.54, 1.807) is 0 Å². The van der Waals surface area contributed by atoms with Crippen LogP contribution >= 0.6 is 0 Å². The van der Waals surface area contributed by atoms with E-state index in [0.29, 0.717) is 41.3 Å². The summed E-state index contributed by atoms with van der Waals surface area (Å²) in [7, 11) is 0. The minimum atomic E-state index is -0.0103. The van der Waals surface area contributed by atoms with Gasteiger partial charge in [-0.1, -0.05) is 13.3 Å². The number of carbonyl (C=O) groups excluding carboxylic acids is 1. The Morgan fingerprint density at radius 1 is 1.08 bits per heavy atom. The van der Waals surface area contributed by atoms with Crippen molar-refractivity contribution in [3.63, 3.8) is 0 Å². The predicted octanol–water partition coefficient (Wildman–Crippen LogP) is 3.24. The highest BCUT2D eigenvalue weighted by Crippen LogP contribution is 2.53. The molecule has 0 bridgehead atoms. The first-order valence-corrected chi connectivity index (χ1v) is 15.7. The largest absolute Gasteiger partial charge is 0.380 e. The van der Waals surface area contributed by atoms with Gasteiger partial charge in [-0.3, -0.25) is 4.79 Å². The molecule has 3 N–H and O–H groups in total. The smallest absolute Gasteiger partial charge is 0.237 e. The molecule has 4 aliphatic heterocycles. The third kappa shape index (κ3) is 5.37. The molecule has 0 aromatic carbocycles. The van der Waals surface area contributed by atoms with E-state index in [1.165, 1.54) is 71.0 Å². The number of hydrogen-bond acceptors (Lipinski definition) is 6. The van der Waals surface area contributed by atoms with E-state index in [9.17, 15) is 4.79 Å². The summed E-state index contributed by atoms with van der Waals surface area (Å²) in [5.74, 6) is 2.93. The molecule has 7 heteroatoms. The lowest BCUT2D eigenvalue weighted by molar-refractivity contribution is -0.164. The number of likely N-dealkylation sites (tertiary alicyclic amines) is 1. The summed E-state index contributed by atoms with van der Waals surface area (Å²) < 4.78 is 5.80. The van der Waals surface area contributed by atoms with E-state index < -0.39 is 0 Å².